The second-order valence-corrected chi connectivity index (χ2v) is 12.8. The summed E-state index contributed by atoms with van der Waals surface area (Å²) in [6.07, 6.45) is 0.0501. The Labute approximate surface area is 295 Å². The van der Waals surface area contributed by atoms with Gasteiger partial charge in [-0.25, -0.2) is 4.99 Å². The minimum Gasteiger partial charge on any atom is -0.497 e. The zero-order valence-electron chi connectivity index (χ0n) is 27.3. The molecule has 0 radical (unpaired) electrons. The van der Waals surface area contributed by atoms with Crippen molar-refractivity contribution in [1.29, 1.82) is 0 Å². The van der Waals surface area contributed by atoms with Gasteiger partial charge in [-0.15, -0.1) is 0 Å². The van der Waals surface area contributed by atoms with Gasteiger partial charge in [0.15, 0.2) is 11.6 Å². The molecular weight excluding hydrogens is 680 g/mol. The van der Waals surface area contributed by atoms with E-state index in [4.69, 9.17) is 24.3 Å². The molecule has 1 aliphatic rings. The molecule has 49 heavy (non-hydrogen) atoms. The number of hydrogen-bond acceptors (Lipinski definition) is 6. The first-order chi connectivity index (χ1) is 24.0. The monoisotopic (exact) mass is 718 g/mol. The van der Waals surface area contributed by atoms with Gasteiger partial charge in [0.2, 0.25) is 5.90 Å². The van der Waals surface area contributed by atoms with E-state index in [9.17, 15) is 4.79 Å². The summed E-state index contributed by atoms with van der Waals surface area (Å²) in [4.78, 5) is 20.2. The maximum Gasteiger partial charge on any atom is 0.252 e. The van der Waals surface area contributed by atoms with Gasteiger partial charge in [-0.05, 0) is 64.7 Å². The number of benzene rings is 5. The Kier molecular flexibility index (Phi) is 11.1. The Morgan fingerprint density at radius 2 is 1.55 bits per heavy atom. The van der Waals surface area contributed by atoms with Crippen LogP contribution in [0.4, 0.5) is 0 Å². The van der Waals surface area contributed by atoms with E-state index in [-0.39, 0.29) is 24.9 Å². The van der Waals surface area contributed by atoms with Crippen LogP contribution >= 0.6 is 15.9 Å². The summed E-state index contributed by atoms with van der Waals surface area (Å²) in [6, 6.07) is 43.4. The standard InChI is InChI=1S/C41H39BrN2O5/c1-47-35-18-10-17-32(26-35)38-41(27-33-16-8-9-19-37(33)42,44-39(49-38)31-20-22-34(23-21-31)48-25-11-24-45)40(46)43-28-36(29-12-4-2-5-13-29)30-14-6-3-7-15-30/h2-10,12-23,26,36,38,45H,11,24-25,27-28H2,1H3,(H,43,46)/t38-,41-/m1/s1. The highest BCUT2D eigenvalue weighted by atomic mass is 79.9. The number of aliphatic hydroxyl groups excluding tert-OH is 1. The maximum absolute atomic E-state index is 15.0. The largest absolute Gasteiger partial charge is 0.497 e. The molecule has 0 saturated carbocycles. The molecule has 7 nitrogen and oxygen atoms in total. The van der Waals surface area contributed by atoms with Gasteiger partial charge in [0.05, 0.1) is 13.7 Å². The molecule has 1 aliphatic heterocycles. The van der Waals surface area contributed by atoms with E-state index in [1.54, 1.807) is 7.11 Å². The van der Waals surface area contributed by atoms with Crippen LogP contribution in [0.1, 0.15) is 46.3 Å². The first-order valence-corrected chi connectivity index (χ1v) is 17.2. The molecule has 2 atom stereocenters. The number of carbonyl (C=O) groups excluding carboxylic acids is 1. The summed E-state index contributed by atoms with van der Waals surface area (Å²) in [7, 11) is 1.62. The van der Waals surface area contributed by atoms with Crippen molar-refractivity contribution in [2.45, 2.75) is 30.4 Å². The number of rotatable bonds is 14. The molecule has 0 spiro atoms. The number of nitrogens with one attached hydrogen (secondary N) is 1. The van der Waals surface area contributed by atoms with Gasteiger partial charge >= 0.3 is 0 Å². The number of halogens is 1. The smallest absolute Gasteiger partial charge is 0.252 e. The van der Waals surface area contributed by atoms with Crippen molar-refractivity contribution in [2.75, 3.05) is 26.9 Å². The van der Waals surface area contributed by atoms with E-state index in [1.165, 1.54) is 0 Å². The van der Waals surface area contributed by atoms with Crippen LogP contribution in [0, 0.1) is 0 Å². The number of aliphatic hydroxyl groups is 1. The number of methoxy groups -OCH3 is 1. The molecule has 0 fully saturated rings. The molecule has 0 saturated heterocycles. The highest BCUT2D eigenvalue weighted by Crippen LogP contribution is 2.44. The van der Waals surface area contributed by atoms with Crippen molar-refractivity contribution in [1.82, 2.24) is 5.32 Å². The molecule has 1 heterocycles. The van der Waals surface area contributed by atoms with Gasteiger partial charge in [0.25, 0.3) is 5.91 Å². The molecule has 8 heteroatoms. The zero-order chi connectivity index (χ0) is 34.1. The van der Waals surface area contributed by atoms with Crippen LogP contribution in [0.2, 0.25) is 0 Å². The van der Waals surface area contributed by atoms with E-state index in [2.05, 4.69) is 45.5 Å². The van der Waals surface area contributed by atoms with Gasteiger partial charge in [0.1, 0.15) is 11.5 Å². The second kappa shape index (κ2) is 16.0. The van der Waals surface area contributed by atoms with Crippen molar-refractivity contribution in [3.8, 4) is 11.5 Å². The van der Waals surface area contributed by atoms with Gasteiger partial charge in [-0.1, -0.05) is 107 Å². The maximum atomic E-state index is 15.0. The Morgan fingerprint density at radius 3 is 2.20 bits per heavy atom. The fraction of sp³-hybridized carbons (Fsp3) is 0.220. The van der Waals surface area contributed by atoms with Crippen LogP contribution in [-0.4, -0.2) is 49.3 Å². The van der Waals surface area contributed by atoms with E-state index in [0.717, 1.165) is 32.3 Å². The van der Waals surface area contributed by atoms with Crippen LogP contribution in [0.25, 0.3) is 0 Å². The fourth-order valence-corrected chi connectivity index (χ4v) is 6.59. The van der Waals surface area contributed by atoms with Crippen LogP contribution in [0.3, 0.4) is 0 Å². The van der Waals surface area contributed by atoms with Gasteiger partial charge in [-0.3, -0.25) is 4.79 Å². The van der Waals surface area contributed by atoms with E-state index < -0.39 is 11.6 Å². The summed E-state index contributed by atoms with van der Waals surface area (Å²) in [6.45, 7) is 0.834. The van der Waals surface area contributed by atoms with Crippen LogP contribution in [0.15, 0.2) is 143 Å². The summed E-state index contributed by atoms with van der Waals surface area (Å²) in [5, 5.41) is 12.5. The predicted octanol–water partition coefficient (Wildman–Crippen LogP) is 7.67. The molecule has 0 unspecified atom stereocenters. The third-order valence-corrected chi connectivity index (χ3v) is 9.49. The number of nitrogens with zero attached hydrogens (tertiary/aromatic N) is 1. The highest BCUT2D eigenvalue weighted by Gasteiger charge is 2.53. The van der Waals surface area contributed by atoms with Crippen molar-refractivity contribution < 1.29 is 24.1 Å². The molecule has 5 aromatic carbocycles. The van der Waals surface area contributed by atoms with Crippen molar-refractivity contribution in [3.05, 3.63) is 166 Å². The first kappa shape index (κ1) is 34.0. The van der Waals surface area contributed by atoms with Crippen molar-refractivity contribution in [2.24, 2.45) is 4.99 Å². The van der Waals surface area contributed by atoms with Crippen LogP contribution in [0.5, 0.6) is 11.5 Å². The zero-order valence-corrected chi connectivity index (χ0v) is 28.9. The lowest BCUT2D eigenvalue weighted by Gasteiger charge is -2.32. The molecule has 0 aromatic heterocycles. The molecule has 6 rings (SSSR count). The molecule has 0 aliphatic carbocycles. The molecule has 0 bridgehead atoms. The van der Waals surface area contributed by atoms with E-state index in [0.29, 0.717) is 37.0 Å². The Bertz CT molecular complexity index is 1830. The average molecular weight is 720 g/mol. The summed E-state index contributed by atoms with van der Waals surface area (Å²) in [5.74, 6) is 1.37. The Morgan fingerprint density at radius 1 is 0.878 bits per heavy atom. The average Bonchev–Trinajstić information content (AvgIpc) is 3.54. The minimum atomic E-state index is -1.38. The topological polar surface area (TPSA) is 89.4 Å². The fourth-order valence-electron chi connectivity index (χ4n) is 6.17. The second-order valence-electron chi connectivity index (χ2n) is 11.9. The lowest BCUT2D eigenvalue weighted by Crippen LogP contribution is -2.50. The normalized spacial score (nSPS) is 16.9. The summed E-state index contributed by atoms with van der Waals surface area (Å²) < 4.78 is 19.0. The summed E-state index contributed by atoms with van der Waals surface area (Å²) in [5.41, 5.74) is 3.24. The Hall–Kier alpha value is -4.92. The van der Waals surface area contributed by atoms with Crippen molar-refractivity contribution in [3.63, 3.8) is 0 Å². The quantitative estimate of drug-likeness (QED) is 0.115. The van der Waals surface area contributed by atoms with Gasteiger partial charge < -0.3 is 24.6 Å². The number of hydrogen-bond donors (Lipinski definition) is 2. The van der Waals surface area contributed by atoms with Crippen LogP contribution < -0.4 is 14.8 Å². The number of ether oxygens (including phenoxy) is 3. The minimum absolute atomic E-state index is 0.0630. The third kappa shape index (κ3) is 7.88. The summed E-state index contributed by atoms with van der Waals surface area (Å²) >= 11 is 3.72. The van der Waals surface area contributed by atoms with Gasteiger partial charge in [-0.2, -0.15) is 0 Å². The van der Waals surface area contributed by atoms with Gasteiger partial charge in [0, 0.05) is 41.9 Å². The molecule has 1 amide bonds. The Balaban J connectivity index is 1.42. The molecule has 5 aromatic rings. The molecule has 2 N–H and O–H groups in total. The lowest BCUT2D eigenvalue weighted by atomic mass is 9.81. The number of amides is 1. The van der Waals surface area contributed by atoms with E-state index in [1.807, 2.05) is 109 Å². The molecule has 250 valence electrons. The third-order valence-electron chi connectivity index (χ3n) is 8.71. The highest BCUT2D eigenvalue weighted by molar-refractivity contribution is 9.10. The van der Waals surface area contributed by atoms with Crippen molar-refractivity contribution >= 4 is 27.7 Å². The SMILES string of the molecule is COc1cccc([C@H]2OC(c3ccc(OCCCO)cc3)=N[C@@]2(Cc2ccccc2Br)C(=O)NCC(c2ccccc2)c2ccccc2)c1. The first-order valence-electron chi connectivity index (χ1n) is 16.4. The van der Waals surface area contributed by atoms with Crippen LogP contribution in [-0.2, 0) is 16.0 Å². The lowest BCUT2D eigenvalue weighted by molar-refractivity contribution is -0.129. The van der Waals surface area contributed by atoms with E-state index >= 15 is 0 Å². The molecular formula is C41H39BrN2O5. The predicted molar refractivity (Wildman–Crippen MR) is 195 cm³/mol. The number of aliphatic imine (C=N–C) groups is 1. The number of carbonyl (C=O) groups is 1.